The molecular weight excluding hydrogens is 271 g/mol. The molecule has 2 aromatic rings. The molecule has 2 amide bonds. The molecule has 1 aromatic carbocycles. The highest BCUT2D eigenvalue weighted by Crippen LogP contribution is 2.19. The van der Waals surface area contributed by atoms with Crippen LogP contribution in [0.15, 0.2) is 42.7 Å². The average molecular weight is 290 g/mol. The maximum atomic E-state index is 13.8. The van der Waals surface area contributed by atoms with Gasteiger partial charge < -0.3 is 20.1 Å². The van der Waals surface area contributed by atoms with Crippen LogP contribution in [0.1, 0.15) is 0 Å². The molecule has 0 fully saturated rings. The third kappa shape index (κ3) is 4.32. The second-order valence-electron chi connectivity index (χ2n) is 4.94. The largest absolute Gasteiger partial charge is 0.337 e. The minimum Gasteiger partial charge on any atom is -0.337 e. The van der Waals surface area contributed by atoms with Gasteiger partial charge in [-0.25, -0.2) is 9.18 Å². The van der Waals surface area contributed by atoms with Crippen molar-refractivity contribution in [1.29, 1.82) is 0 Å². The number of nitrogens with one attached hydrogen (secondary N) is 2. The summed E-state index contributed by atoms with van der Waals surface area (Å²) in [6.07, 6.45) is 3.71. The summed E-state index contributed by atoms with van der Waals surface area (Å²) >= 11 is 0. The van der Waals surface area contributed by atoms with Crippen molar-refractivity contribution in [3.05, 3.63) is 48.5 Å². The molecule has 0 saturated carbocycles. The molecule has 0 atom stereocenters. The van der Waals surface area contributed by atoms with E-state index in [1.165, 1.54) is 6.07 Å². The van der Waals surface area contributed by atoms with Crippen molar-refractivity contribution in [3.63, 3.8) is 0 Å². The third-order valence-corrected chi connectivity index (χ3v) is 2.95. The van der Waals surface area contributed by atoms with Crippen LogP contribution in [0.2, 0.25) is 0 Å². The monoisotopic (exact) mass is 290 g/mol. The Morgan fingerprint density at radius 1 is 1.29 bits per heavy atom. The zero-order valence-electron chi connectivity index (χ0n) is 12.1. The van der Waals surface area contributed by atoms with Gasteiger partial charge in [0.15, 0.2) is 0 Å². The van der Waals surface area contributed by atoms with Crippen molar-refractivity contribution >= 4 is 11.7 Å². The zero-order valence-corrected chi connectivity index (χ0v) is 12.1. The van der Waals surface area contributed by atoms with Crippen LogP contribution in [0.4, 0.5) is 14.9 Å². The van der Waals surface area contributed by atoms with Crippen LogP contribution in [-0.4, -0.2) is 42.7 Å². The molecule has 0 aliphatic heterocycles. The highest BCUT2D eigenvalue weighted by Gasteiger charge is 2.08. The van der Waals surface area contributed by atoms with E-state index in [1.54, 1.807) is 12.1 Å². The molecule has 1 heterocycles. The van der Waals surface area contributed by atoms with E-state index in [4.69, 9.17) is 0 Å². The number of aromatic nitrogens is 1. The summed E-state index contributed by atoms with van der Waals surface area (Å²) in [7, 11) is 3.83. The molecule has 21 heavy (non-hydrogen) atoms. The van der Waals surface area contributed by atoms with Gasteiger partial charge in [-0.1, -0.05) is 0 Å². The Bertz CT molecular complexity index is 596. The van der Waals surface area contributed by atoms with E-state index in [0.29, 0.717) is 6.54 Å². The van der Waals surface area contributed by atoms with Crippen LogP contribution < -0.4 is 10.6 Å². The summed E-state index contributed by atoms with van der Waals surface area (Å²) in [4.78, 5) is 13.7. The predicted molar refractivity (Wildman–Crippen MR) is 81.3 cm³/mol. The number of likely N-dealkylation sites (N-methyl/N-ethyl adjacent to an activating group) is 1. The minimum absolute atomic E-state index is 0.156. The van der Waals surface area contributed by atoms with Crippen molar-refractivity contribution in [2.24, 2.45) is 0 Å². The number of amides is 2. The van der Waals surface area contributed by atoms with Gasteiger partial charge in [-0.3, -0.25) is 0 Å². The summed E-state index contributed by atoms with van der Waals surface area (Å²) in [5.74, 6) is -0.464. The first kappa shape index (κ1) is 15.1. The Labute approximate surface area is 123 Å². The summed E-state index contributed by atoms with van der Waals surface area (Å²) in [6.45, 7) is 1.22. The van der Waals surface area contributed by atoms with Crippen molar-refractivity contribution in [2.45, 2.75) is 0 Å². The number of nitrogens with zero attached hydrogens (tertiary/aromatic N) is 2. The van der Waals surface area contributed by atoms with Gasteiger partial charge in [-0.05, 0) is 44.4 Å². The van der Waals surface area contributed by atoms with Crippen molar-refractivity contribution in [3.8, 4) is 5.69 Å². The number of benzene rings is 1. The van der Waals surface area contributed by atoms with E-state index in [9.17, 15) is 9.18 Å². The van der Waals surface area contributed by atoms with Gasteiger partial charge in [-0.15, -0.1) is 0 Å². The van der Waals surface area contributed by atoms with Gasteiger partial charge in [0.25, 0.3) is 0 Å². The lowest BCUT2D eigenvalue weighted by molar-refractivity contribution is 0.250. The molecule has 0 radical (unpaired) electrons. The Kier molecular flexibility index (Phi) is 4.94. The number of hydrogen-bond donors (Lipinski definition) is 2. The number of urea groups is 1. The number of anilines is 1. The summed E-state index contributed by atoms with van der Waals surface area (Å²) in [6, 6.07) is 7.94. The number of carbonyl (C=O) groups excluding carboxylic acids is 1. The molecule has 112 valence electrons. The Morgan fingerprint density at radius 2 is 2.00 bits per heavy atom. The number of carbonyl (C=O) groups is 1. The van der Waals surface area contributed by atoms with Gasteiger partial charge in [0, 0.05) is 31.2 Å². The van der Waals surface area contributed by atoms with Crippen LogP contribution in [0, 0.1) is 5.82 Å². The van der Waals surface area contributed by atoms with Crippen LogP contribution >= 0.6 is 0 Å². The number of rotatable bonds is 5. The maximum absolute atomic E-state index is 13.8. The van der Waals surface area contributed by atoms with Crippen LogP contribution in [0.5, 0.6) is 0 Å². The molecule has 5 nitrogen and oxygen atoms in total. The molecule has 0 unspecified atom stereocenters. The lowest BCUT2D eigenvalue weighted by Crippen LogP contribution is -2.34. The Morgan fingerprint density at radius 3 is 2.67 bits per heavy atom. The fourth-order valence-electron chi connectivity index (χ4n) is 1.84. The molecule has 1 aromatic heterocycles. The summed E-state index contributed by atoms with van der Waals surface area (Å²) in [5, 5.41) is 5.21. The first-order valence-electron chi connectivity index (χ1n) is 6.69. The standard InChI is InChI=1S/C15H19FN4O/c1-19(2)10-7-17-15(21)18-14-11-12(5-6-13(14)16)20-8-3-4-9-20/h3-6,8-9,11H,7,10H2,1-2H3,(H2,17,18,21). The molecule has 0 spiro atoms. The van der Waals surface area contributed by atoms with Crippen molar-refractivity contribution < 1.29 is 9.18 Å². The summed E-state index contributed by atoms with van der Waals surface area (Å²) in [5.41, 5.74) is 0.938. The fraction of sp³-hybridized carbons (Fsp3) is 0.267. The first-order valence-corrected chi connectivity index (χ1v) is 6.69. The third-order valence-electron chi connectivity index (χ3n) is 2.95. The van der Waals surface area contributed by atoms with Crippen LogP contribution in [-0.2, 0) is 0 Å². The first-order chi connectivity index (χ1) is 10.1. The smallest absolute Gasteiger partial charge is 0.319 e. The Hall–Kier alpha value is -2.34. The lowest BCUT2D eigenvalue weighted by atomic mass is 10.2. The van der Waals surface area contributed by atoms with E-state index >= 15 is 0 Å². The van der Waals surface area contributed by atoms with Crippen molar-refractivity contribution in [1.82, 2.24) is 14.8 Å². The molecule has 0 bridgehead atoms. The topological polar surface area (TPSA) is 49.3 Å². The van der Waals surface area contributed by atoms with Gasteiger partial charge >= 0.3 is 6.03 Å². The van der Waals surface area contributed by atoms with Crippen molar-refractivity contribution in [2.75, 3.05) is 32.5 Å². The van der Waals surface area contributed by atoms with Gasteiger partial charge in [-0.2, -0.15) is 0 Å². The average Bonchev–Trinajstić information content (AvgIpc) is 2.95. The minimum atomic E-state index is -0.464. The highest BCUT2D eigenvalue weighted by atomic mass is 19.1. The predicted octanol–water partition coefficient (Wildman–Crippen LogP) is 2.30. The lowest BCUT2D eigenvalue weighted by Gasteiger charge is -2.12. The maximum Gasteiger partial charge on any atom is 0.319 e. The zero-order chi connectivity index (χ0) is 15.2. The van der Waals surface area contributed by atoms with E-state index < -0.39 is 11.8 Å². The molecule has 6 heteroatoms. The molecule has 0 aliphatic carbocycles. The van der Waals surface area contributed by atoms with Crippen LogP contribution in [0.3, 0.4) is 0 Å². The van der Waals surface area contributed by atoms with E-state index in [1.807, 2.05) is 48.1 Å². The molecule has 2 rings (SSSR count). The van der Waals surface area contributed by atoms with Gasteiger partial charge in [0.2, 0.25) is 0 Å². The SMILES string of the molecule is CN(C)CCNC(=O)Nc1cc(-n2cccc2)ccc1F. The number of hydrogen-bond acceptors (Lipinski definition) is 2. The molecule has 2 N–H and O–H groups in total. The van der Waals surface area contributed by atoms with E-state index in [2.05, 4.69) is 10.6 Å². The van der Waals surface area contributed by atoms with Crippen LogP contribution in [0.25, 0.3) is 5.69 Å². The Balaban J connectivity index is 2.02. The number of halogens is 1. The van der Waals surface area contributed by atoms with E-state index in [-0.39, 0.29) is 5.69 Å². The quantitative estimate of drug-likeness (QED) is 0.887. The second kappa shape index (κ2) is 6.90. The second-order valence-corrected chi connectivity index (χ2v) is 4.94. The molecule has 0 aliphatic rings. The van der Waals surface area contributed by atoms with E-state index in [0.717, 1.165) is 12.2 Å². The highest BCUT2D eigenvalue weighted by molar-refractivity contribution is 5.89. The fourth-order valence-corrected chi connectivity index (χ4v) is 1.84. The van der Waals surface area contributed by atoms with Gasteiger partial charge in [0.05, 0.1) is 5.69 Å². The molecule has 0 saturated heterocycles. The summed E-state index contributed by atoms with van der Waals surface area (Å²) < 4.78 is 15.6. The normalized spacial score (nSPS) is 10.7. The van der Waals surface area contributed by atoms with Gasteiger partial charge in [0.1, 0.15) is 5.82 Å². The molecular formula is C15H19FN4O.